The maximum atomic E-state index is 12.2. The smallest absolute Gasteiger partial charge is 0.162 e. The van der Waals surface area contributed by atoms with Gasteiger partial charge >= 0.3 is 0 Å². The molecule has 0 bridgehead atoms. The maximum Gasteiger partial charge on any atom is 0.162 e. The van der Waals surface area contributed by atoms with Gasteiger partial charge in [0, 0.05) is 17.9 Å². The summed E-state index contributed by atoms with van der Waals surface area (Å²) in [4.78, 5) is 13.0. The molecule has 1 N–H and O–H groups in total. The summed E-state index contributed by atoms with van der Waals surface area (Å²) in [5, 5.41) is 0. The van der Waals surface area contributed by atoms with Gasteiger partial charge in [-0.3, -0.25) is 4.79 Å². The van der Waals surface area contributed by atoms with Gasteiger partial charge < -0.3 is 0 Å². The van der Waals surface area contributed by atoms with E-state index in [9.17, 15) is 9.00 Å². The van der Waals surface area contributed by atoms with E-state index in [2.05, 4.69) is 4.72 Å². The minimum atomic E-state index is -1.23. The van der Waals surface area contributed by atoms with Crippen molar-refractivity contribution >= 4 is 28.4 Å². The predicted octanol–water partition coefficient (Wildman–Crippen LogP) is 3.01. The van der Waals surface area contributed by atoms with Crippen LogP contribution in [0.25, 0.3) is 0 Å². The van der Waals surface area contributed by atoms with Crippen LogP contribution in [0.3, 0.4) is 0 Å². The molecule has 20 heavy (non-hydrogen) atoms. The summed E-state index contributed by atoms with van der Waals surface area (Å²) in [6.07, 6.45) is 5.19. The Balaban J connectivity index is 2.26. The molecule has 1 aliphatic carbocycles. The highest BCUT2D eigenvalue weighted by Gasteiger charge is 2.21. The number of carbonyl (C=O) groups excluding carboxylic acids is 1. The van der Waals surface area contributed by atoms with Crippen LogP contribution in [0.4, 0.5) is 0 Å². The van der Waals surface area contributed by atoms with E-state index >= 15 is 0 Å². The molecule has 0 fully saturated rings. The highest BCUT2D eigenvalue weighted by atomic mass is 35.5. The van der Waals surface area contributed by atoms with Gasteiger partial charge in [-0.1, -0.05) is 0 Å². The number of aryl methyl sites for hydroxylation is 1. The van der Waals surface area contributed by atoms with Gasteiger partial charge in [0.1, 0.15) is 11.0 Å². The number of ketones is 1. The van der Waals surface area contributed by atoms with Crippen molar-refractivity contribution in [2.75, 3.05) is 12.9 Å². The van der Waals surface area contributed by atoms with Crippen molar-refractivity contribution in [3.8, 4) is 0 Å². The molecule has 110 valence electrons. The summed E-state index contributed by atoms with van der Waals surface area (Å²) in [6, 6.07) is 3.79. The van der Waals surface area contributed by atoms with Gasteiger partial charge in [0.15, 0.2) is 5.78 Å². The summed E-state index contributed by atoms with van der Waals surface area (Å²) in [5.41, 5.74) is 3.04. The first-order chi connectivity index (χ1) is 9.67. The fourth-order valence-corrected chi connectivity index (χ4v) is 3.73. The number of benzene rings is 1. The fraction of sp³-hybridized carbons (Fsp3) is 0.533. The molecule has 1 aromatic carbocycles. The third-order valence-corrected chi connectivity index (χ3v) is 5.07. The number of Topliss-reactive ketones (excluding diaryl/α,β-unsaturated/α-hetero) is 1. The Morgan fingerprint density at radius 1 is 1.35 bits per heavy atom. The molecule has 0 aromatic heterocycles. The second-order valence-electron chi connectivity index (χ2n) is 5.01. The summed E-state index contributed by atoms with van der Waals surface area (Å²) >= 11 is 5.63. The molecule has 1 aromatic rings. The first kappa shape index (κ1) is 15.7. The number of rotatable bonds is 7. The van der Waals surface area contributed by atoms with Crippen LogP contribution < -0.4 is 4.72 Å². The molecule has 0 saturated heterocycles. The summed E-state index contributed by atoms with van der Waals surface area (Å²) in [6.45, 7) is 0. The number of carbonyl (C=O) groups is 1. The Bertz CT molecular complexity index is 531. The van der Waals surface area contributed by atoms with Crippen molar-refractivity contribution in [2.24, 2.45) is 0 Å². The molecule has 5 heteroatoms. The molecule has 0 amide bonds. The lowest BCUT2D eigenvalue weighted by molar-refractivity contribution is 0.0979. The number of hydrogen-bond donors (Lipinski definition) is 1. The molecule has 1 atom stereocenters. The van der Waals surface area contributed by atoms with Crippen LogP contribution in [0.1, 0.15) is 47.2 Å². The van der Waals surface area contributed by atoms with Crippen molar-refractivity contribution in [1.82, 2.24) is 4.72 Å². The van der Waals surface area contributed by atoms with Crippen LogP contribution >= 0.6 is 11.6 Å². The Kier molecular flexibility index (Phi) is 5.75. The van der Waals surface area contributed by atoms with E-state index in [1.165, 1.54) is 5.56 Å². The summed E-state index contributed by atoms with van der Waals surface area (Å²) in [7, 11) is 0.443. The van der Waals surface area contributed by atoms with Gasteiger partial charge in [-0.15, -0.1) is 11.6 Å². The maximum absolute atomic E-state index is 12.2. The molecule has 0 heterocycles. The van der Waals surface area contributed by atoms with Crippen molar-refractivity contribution in [3.63, 3.8) is 0 Å². The summed E-state index contributed by atoms with van der Waals surface area (Å²) < 4.78 is 14.9. The first-order valence-electron chi connectivity index (χ1n) is 7.01. The average Bonchev–Trinajstić information content (AvgIpc) is 2.93. The fourth-order valence-electron chi connectivity index (χ4n) is 2.63. The number of alkyl halides is 1. The quantitative estimate of drug-likeness (QED) is 0.478. The number of nitrogens with one attached hydrogen (secondary N) is 1. The van der Waals surface area contributed by atoms with E-state index in [0.29, 0.717) is 17.9 Å². The third-order valence-electron chi connectivity index (χ3n) is 3.67. The Hall–Kier alpha value is -0.710. The molecular weight excluding hydrogens is 294 g/mol. The van der Waals surface area contributed by atoms with E-state index in [4.69, 9.17) is 11.6 Å². The second-order valence-corrected chi connectivity index (χ2v) is 6.77. The molecule has 2 rings (SSSR count). The Morgan fingerprint density at radius 2 is 2.15 bits per heavy atom. The third kappa shape index (κ3) is 3.48. The number of unbranched alkanes of at least 4 members (excludes halogenated alkanes) is 1. The van der Waals surface area contributed by atoms with Crippen molar-refractivity contribution in [1.29, 1.82) is 0 Å². The van der Waals surface area contributed by atoms with Crippen LogP contribution in [0, 0.1) is 0 Å². The van der Waals surface area contributed by atoms with E-state index in [1.54, 1.807) is 13.1 Å². The highest BCUT2D eigenvalue weighted by molar-refractivity contribution is 7.83. The monoisotopic (exact) mass is 313 g/mol. The largest absolute Gasteiger partial charge is 0.294 e. The zero-order valence-corrected chi connectivity index (χ0v) is 13.3. The molecule has 1 aliphatic rings. The number of halogens is 1. The molecule has 0 spiro atoms. The van der Waals surface area contributed by atoms with Crippen LogP contribution in [-0.4, -0.2) is 22.9 Å². The molecule has 3 nitrogen and oxygen atoms in total. The first-order valence-corrected chi connectivity index (χ1v) is 8.70. The molecule has 1 unspecified atom stereocenters. The van der Waals surface area contributed by atoms with Crippen molar-refractivity contribution in [2.45, 2.75) is 43.4 Å². The van der Waals surface area contributed by atoms with Gasteiger partial charge in [0.05, 0.1) is 4.90 Å². The van der Waals surface area contributed by atoms with E-state index in [-0.39, 0.29) is 5.78 Å². The van der Waals surface area contributed by atoms with E-state index in [0.717, 1.165) is 42.6 Å². The lowest BCUT2D eigenvalue weighted by atomic mass is 10.0. The molecular formula is C15H20ClNO2S. The predicted molar refractivity (Wildman–Crippen MR) is 82.8 cm³/mol. The van der Waals surface area contributed by atoms with Gasteiger partial charge in [-0.2, -0.15) is 0 Å². The topological polar surface area (TPSA) is 46.2 Å². The summed E-state index contributed by atoms with van der Waals surface area (Å²) in [5.74, 6) is 0.714. The van der Waals surface area contributed by atoms with Crippen LogP contribution in [0.2, 0.25) is 0 Å². The van der Waals surface area contributed by atoms with Gasteiger partial charge in [-0.25, -0.2) is 8.93 Å². The normalized spacial score (nSPS) is 15.1. The van der Waals surface area contributed by atoms with Crippen molar-refractivity contribution < 1.29 is 9.00 Å². The lowest BCUT2D eigenvalue weighted by Crippen LogP contribution is -2.14. The second kappa shape index (κ2) is 7.34. The minimum absolute atomic E-state index is 0.124. The number of hydrogen-bond acceptors (Lipinski definition) is 2. The molecule has 0 radical (unpaired) electrons. The van der Waals surface area contributed by atoms with Crippen LogP contribution in [0.15, 0.2) is 17.0 Å². The standard InChI is InChI=1S/C15H20ClNO2S/c1-17-20(19)15-10-12(14(18)7-2-3-8-16)9-11-5-4-6-13(11)15/h9-10,17H,2-8H2,1H3. The van der Waals surface area contributed by atoms with Crippen LogP contribution in [-0.2, 0) is 23.8 Å². The highest BCUT2D eigenvalue weighted by Crippen LogP contribution is 2.29. The van der Waals surface area contributed by atoms with Gasteiger partial charge in [0.2, 0.25) is 0 Å². The zero-order valence-electron chi connectivity index (χ0n) is 11.7. The Morgan fingerprint density at radius 3 is 2.85 bits per heavy atom. The van der Waals surface area contributed by atoms with Gasteiger partial charge in [0.25, 0.3) is 0 Å². The van der Waals surface area contributed by atoms with E-state index in [1.807, 2.05) is 6.07 Å². The van der Waals surface area contributed by atoms with Gasteiger partial charge in [-0.05, 0) is 62.4 Å². The Labute approximate surface area is 127 Å². The van der Waals surface area contributed by atoms with Crippen molar-refractivity contribution in [3.05, 3.63) is 28.8 Å². The van der Waals surface area contributed by atoms with E-state index < -0.39 is 11.0 Å². The SMILES string of the molecule is CNS(=O)c1cc(C(=O)CCCCCl)cc2c1CCC2. The molecule has 0 aliphatic heterocycles. The van der Waals surface area contributed by atoms with Crippen LogP contribution in [0.5, 0.6) is 0 Å². The minimum Gasteiger partial charge on any atom is -0.294 e. The average molecular weight is 314 g/mol. The number of fused-ring (bicyclic) bond motifs is 1. The molecule has 0 saturated carbocycles. The zero-order chi connectivity index (χ0) is 14.5. The lowest BCUT2D eigenvalue weighted by Gasteiger charge is -2.10.